The zero-order valence-corrected chi connectivity index (χ0v) is 7.29. The van der Waals surface area contributed by atoms with Gasteiger partial charge in [0.15, 0.2) is 5.69 Å². The molecule has 2 N–H and O–H groups in total. The summed E-state index contributed by atoms with van der Waals surface area (Å²) in [6.07, 6.45) is 0. The topological polar surface area (TPSA) is 70.3 Å². The third kappa shape index (κ3) is 1.39. The Morgan fingerprint density at radius 1 is 1.08 bits per heavy atom. The van der Waals surface area contributed by atoms with Crippen LogP contribution in [0.25, 0.3) is 0 Å². The average Bonchev–Trinajstić information content (AvgIpc) is 2.08. The van der Waals surface area contributed by atoms with E-state index >= 15 is 0 Å². The lowest BCUT2D eigenvalue weighted by Crippen LogP contribution is -2.03. The average molecular weight is 169 g/mol. The molecule has 1 aromatic heterocycles. The summed E-state index contributed by atoms with van der Waals surface area (Å²) in [6, 6.07) is 0. The van der Waals surface area contributed by atoms with Crippen LogP contribution in [-0.4, -0.2) is 24.2 Å². The summed E-state index contributed by atoms with van der Waals surface area (Å²) >= 11 is 0. The molecule has 0 fully saturated rings. The molecular formula is C7H11N3O2. The molecule has 0 saturated heterocycles. The van der Waals surface area contributed by atoms with Crippen molar-refractivity contribution in [2.45, 2.75) is 6.92 Å². The van der Waals surface area contributed by atoms with E-state index in [0.29, 0.717) is 23.3 Å². The van der Waals surface area contributed by atoms with E-state index in [2.05, 4.69) is 9.97 Å². The van der Waals surface area contributed by atoms with E-state index in [1.807, 2.05) is 0 Å². The van der Waals surface area contributed by atoms with E-state index in [1.165, 1.54) is 14.2 Å². The van der Waals surface area contributed by atoms with Crippen molar-refractivity contribution in [1.29, 1.82) is 0 Å². The molecule has 0 aliphatic heterocycles. The van der Waals surface area contributed by atoms with Crippen LogP contribution in [0.5, 0.6) is 11.8 Å². The summed E-state index contributed by atoms with van der Waals surface area (Å²) in [4.78, 5) is 7.92. The number of methoxy groups -OCH3 is 2. The van der Waals surface area contributed by atoms with Crippen LogP contribution in [0.4, 0.5) is 5.69 Å². The number of hydrogen-bond acceptors (Lipinski definition) is 5. The van der Waals surface area contributed by atoms with Crippen molar-refractivity contribution in [1.82, 2.24) is 9.97 Å². The molecule has 0 radical (unpaired) electrons. The van der Waals surface area contributed by atoms with Crippen molar-refractivity contribution in [3.63, 3.8) is 0 Å². The van der Waals surface area contributed by atoms with Crippen LogP contribution >= 0.6 is 0 Å². The Morgan fingerprint density at radius 3 is 1.83 bits per heavy atom. The minimum absolute atomic E-state index is 0.325. The van der Waals surface area contributed by atoms with Gasteiger partial charge in [-0.2, -0.15) is 9.97 Å². The fourth-order valence-electron chi connectivity index (χ4n) is 0.842. The number of aromatic nitrogens is 2. The number of anilines is 1. The van der Waals surface area contributed by atoms with Crippen molar-refractivity contribution in [2.24, 2.45) is 0 Å². The Bertz CT molecular complexity index is 263. The van der Waals surface area contributed by atoms with E-state index < -0.39 is 0 Å². The summed E-state index contributed by atoms with van der Waals surface area (Å²) in [5.41, 5.74) is 5.92. The highest BCUT2D eigenvalue weighted by molar-refractivity contribution is 5.56. The quantitative estimate of drug-likeness (QED) is 0.693. The molecule has 1 heterocycles. The van der Waals surface area contributed by atoms with E-state index in [0.717, 1.165) is 0 Å². The molecule has 0 amide bonds. The van der Waals surface area contributed by atoms with Gasteiger partial charge in [-0.15, -0.1) is 0 Å². The van der Waals surface area contributed by atoms with E-state index in [1.54, 1.807) is 6.92 Å². The second-order valence-electron chi connectivity index (χ2n) is 2.20. The second kappa shape index (κ2) is 3.25. The minimum Gasteiger partial charge on any atom is -0.479 e. The summed E-state index contributed by atoms with van der Waals surface area (Å²) in [7, 11) is 3.00. The normalized spacial score (nSPS) is 9.58. The zero-order chi connectivity index (χ0) is 9.14. The van der Waals surface area contributed by atoms with Crippen LogP contribution in [0.2, 0.25) is 0 Å². The molecule has 0 spiro atoms. The second-order valence-corrected chi connectivity index (χ2v) is 2.20. The molecular weight excluding hydrogens is 158 g/mol. The van der Waals surface area contributed by atoms with Crippen LogP contribution in [-0.2, 0) is 0 Å². The Balaban J connectivity index is 3.22. The number of aryl methyl sites for hydroxylation is 1. The van der Waals surface area contributed by atoms with Gasteiger partial charge in [-0.05, 0) is 6.92 Å². The van der Waals surface area contributed by atoms with Gasteiger partial charge in [0.1, 0.15) is 5.82 Å². The maximum absolute atomic E-state index is 5.60. The van der Waals surface area contributed by atoms with E-state index in [4.69, 9.17) is 15.2 Å². The molecule has 12 heavy (non-hydrogen) atoms. The van der Waals surface area contributed by atoms with Crippen LogP contribution < -0.4 is 15.2 Å². The first kappa shape index (κ1) is 8.58. The van der Waals surface area contributed by atoms with Crippen molar-refractivity contribution in [2.75, 3.05) is 20.0 Å². The molecule has 0 bridgehead atoms. The number of nitrogens with two attached hydrogens (primary N) is 1. The number of nitrogens with zero attached hydrogens (tertiary/aromatic N) is 2. The lowest BCUT2D eigenvalue weighted by Gasteiger charge is -2.07. The van der Waals surface area contributed by atoms with Crippen molar-refractivity contribution in [3.8, 4) is 11.8 Å². The zero-order valence-electron chi connectivity index (χ0n) is 7.29. The third-order valence-electron chi connectivity index (χ3n) is 1.37. The van der Waals surface area contributed by atoms with Gasteiger partial charge in [0.25, 0.3) is 0 Å². The molecule has 5 heteroatoms. The van der Waals surface area contributed by atoms with Crippen LogP contribution in [0.3, 0.4) is 0 Å². The van der Waals surface area contributed by atoms with Gasteiger partial charge in [-0.25, -0.2) is 0 Å². The summed E-state index contributed by atoms with van der Waals surface area (Å²) in [6.45, 7) is 1.74. The van der Waals surface area contributed by atoms with Gasteiger partial charge in [-0.3, -0.25) is 0 Å². The van der Waals surface area contributed by atoms with Gasteiger partial charge in [0, 0.05) is 0 Å². The smallest absolute Gasteiger partial charge is 0.244 e. The molecule has 0 saturated carbocycles. The number of rotatable bonds is 2. The first-order valence-electron chi connectivity index (χ1n) is 3.41. The van der Waals surface area contributed by atoms with E-state index in [9.17, 15) is 0 Å². The predicted molar refractivity (Wildman–Crippen MR) is 44.3 cm³/mol. The molecule has 1 aromatic rings. The number of hydrogen-bond donors (Lipinski definition) is 1. The maximum atomic E-state index is 5.60. The molecule has 0 aliphatic carbocycles. The molecule has 1 rings (SSSR count). The monoisotopic (exact) mass is 169 g/mol. The van der Waals surface area contributed by atoms with Gasteiger partial charge in [0.2, 0.25) is 11.8 Å². The fourth-order valence-corrected chi connectivity index (χ4v) is 0.842. The van der Waals surface area contributed by atoms with Crippen molar-refractivity contribution < 1.29 is 9.47 Å². The summed E-state index contributed by atoms with van der Waals surface area (Å²) in [5.74, 6) is 1.26. The number of nitrogen functional groups attached to an aromatic ring is 1. The molecule has 5 nitrogen and oxygen atoms in total. The first-order valence-corrected chi connectivity index (χ1v) is 3.41. The van der Waals surface area contributed by atoms with E-state index in [-0.39, 0.29) is 0 Å². The highest BCUT2D eigenvalue weighted by atomic mass is 16.5. The lowest BCUT2D eigenvalue weighted by atomic mass is 10.5. The fraction of sp³-hybridized carbons (Fsp3) is 0.429. The molecule has 0 unspecified atom stereocenters. The molecule has 0 aromatic carbocycles. The molecule has 0 aliphatic rings. The Labute approximate surface area is 70.5 Å². The summed E-state index contributed by atoms with van der Waals surface area (Å²) < 4.78 is 9.82. The van der Waals surface area contributed by atoms with Crippen molar-refractivity contribution >= 4 is 5.69 Å². The van der Waals surface area contributed by atoms with Crippen LogP contribution in [0.15, 0.2) is 0 Å². The predicted octanol–water partition coefficient (Wildman–Crippen LogP) is 0.384. The van der Waals surface area contributed by atoms with Gasteiger partial charge < -0.3 is 15.2 Å². The lowest BCUT2D eigenvalue weighted by molar-refractivity contribution is 0.374. The number of ether oxygens (including phenoxy) is 2. The highest BCUT2D eigenvalue weighted by Gasteiger charge is 2.09. The molecule has 0 atom stereocenters. The largest absolute Gasteiger partial charge is 0.479 e. The standard InChI is InChI=1S/C7H11N3O2/c1-4-9-6(11-2)5(8)7(10-4)12-3/h8H2,1-3H3. The van der Waals surface area contributed by atoms with Crippen LogP contribution in [0.1, 0.15) is 5.82 Å². The Morgan fingerprint density at radius 2 is 1.50 bits per heavy atom. The van der Waals surface area contributed by atoms with Gasteiger partial charge in [-0.1, -0.05) is 0 Å². The SMILES string of the molecule is COc1nc(C)nc(OC)c1N. The van der Waals surface area contributed by atoms with Crippen molar-refractivity contribution in [3.05, 3.63) is 5.82 Å². The molecule has 66 valence electrons. The Hall–Kier alpha value is -1.52. The Kier molecular flexibility index (Phi) is 2.32. The third-order valence-corrected chi connectivity index (χ3v) is 1.37. The van der Waals surface area contributed by atoms with Gasteiger partial charge in [0.05, 0.1) is 14.2 Å². The van der Waals surface area contributed by atoms with Crippen LogP contribution in [0, 0.1) is 6.92 Å². The minimum atomic E-state index is 0.325. The maximum Gasteiger partial charge on any atom is 0.244 e. The highest BCUT2D eigenvalue weighted by Crippen LogP contribution is 2.26. The summed E-state index contributed by atoms with van der Waals surface area (Å²) in [5, 5.41) is 0. The van der Waals surface area contributed by atoms with Gasteiger partial charge >= 0.3 is 0 Å². The first-order chi connectivity index (χ1) is 5.69.